The predicted molar refractivity (Wildman–Crippen MR) is 86.8 cm³/mol. The van der Waals surface area contributed by atoms with E-state index in [0.29, 0.717) is 5.92 Å². The highest BCUT2D eigenvalue weighted by Crippen LogP contribution is 2.26. The van der Waals surface area contributed by atoms with Gasteiger partial charge in [0.1, 0.15) is 11.6 Å². The van der Waals surface area contributed by atoms with Crippen LogP contribution < -0.4 is 10.6 Å². The number of nitrogens with one attached hydrogen (secondary N) is 2. The summed E-state index contributed by atoms with van der Waals surface area (Å²) in [4.78, 5) is 4.58. The Morgan fingerprint density at radius 3 is 2.50 bits per heavy atom. The number of hydrogen-bond donors (Lipinski definition) is 2. The predicted octanol–water partition coefficient (Wildman–Crippen LogP) is 4.77. The number of benzene rings is 1. The second kappa shape index (κ2) is 6.94. The Morgan fingerprint density at radius 2 is 1.75 bits per heavy atom. The lowest BCUT2D eigenvalue weighted by atomic mass is 10.0. The summed E-state index contributed by atoms with van der Waals surface area (Å²) in [5.41, 5.74) is 2.43. The van der Waals surface area contributed by atoms with Crippen LogP contribution >= 0.6 is 0 Å². The molecule has 3 heteroatoms. The average molecular weight is 269 g/mol. The van der Waals surface area contributed by atoms with Crippen molar-refractivity contribution in [3.05, 3.63) is 48.0 Å². The standard InChI is InChI=1S/C17H23N3/c1-4-12-18-16-10-7-11-17(20-16)19-15-9-6-5-8-14(15)13(2)3/h5-11,13H,4,12H2,1-3H3,(H2,18,19,20). The fourth-order valence-electron chi connectivity index (χ4n) is 2.11. The maximum atomic E-state index is 4.58. The van der Waals surface area contributed by atoms with Crippen LogP contribution in [0.4, 0.5) is 17.3 Å². The van der Waals surface area contributed by atoms with Gasteiger partial charge >= 0.3 is 0 Å². The van der Waals surface area contributed by atoms with Gasteiger partial charge in [0, 0.05) is 12.2 Å². The van der Waals surface area contributed by atoms with Crippen LogP contribution in [0.1, 0.15) is 38.7 Å². The van der Waals surface area contributed by atoms with E-state index in [-0.39, 0.29) is 0 Å². The van der Waals surface area contributed by atoms with Gasteiger partial charge in [-0.25, -0.2) is 4.98 Å². The fraction of sp³-hybridized carbons (Fsp3) is 0.353. The highest BCUT2D eigenvalue weighted by atomic mass is 15.1. The van der Waals surface area contributed by atoms with Crippen LogP contribution in [-0.4, -0.2) is 11.5 Å². The third-order valence-corrected chi connectivity index (χ3v) is 3.15. The molecule has 0 radical (unpaired) electrons. The molecule has 1 aromatic heterocycles. The third kappa shape index (κ3) is 3.73. The molecule has 3 nitrogen and oxygen atoms in total. The van der Waals surface area contributed by atoms with Crippen LogP contribution in [0, 0.1) is 0 Å². The molecule has 2 N–H and O–H groups in total. The molecule has 0 fully saturated rings. The summed E-state index contributed by atoms with van der Waals surface area (Å²) in [6.45, 7) is 7.49. The highest BCUT2D eigenvalue weighted by Gasteiger charge is 2.06. The topological polar surface area (TPSA) is 37.0 Å². The molecule has 0 aliphatic rings. The summed E-state index contributed by atoms with van der Waals surface area (Å²) in [6, 6.07) is 14.4. The summed E-state index contributed by atoms with van der Waals surface area (Å²) in [5, 5.41) is 6.73. The van der Waals surface area contributed by atoms with E-state index in [4.69, 9.17) is 0 Å². The van der Waals surface area contributed by atoms with Crippen molar-refractivity contribution in [3.63, 3.8) is 0 Å². The Morgan fingerprint density at radius 1 is 1.00 bits per heavy atom. The SMILES string of the molecule is CCCNc1cccc(Nc2ccccc2C(C)C)n1. The van der Waals surface area contributed by atoms with Gasteiger partial charge in [-0.15, -0.1) is 0 Å². The molecule has 0 unspecified atom stereocenters. The minimum absolute atomic E-state index is 0.486. The first-order valence-electron chi connectivity index (χ1n) is 7.27. The number of anilines is 3. The van der Waals surface area contributed by atoms with Gasteiger partial charge in [-0.3, -0.25) is 0 Å². The van der Waals surface area contributed by atoms with E-state index in [1.807, 2.05) is 24.3 Å². The first-order valence-corrected chi connectivity index (χ1v) is 7.27. The van der Waals surface area contributed by atoms with E-state index >= 15 is 0 Å². The lowest BCUT2D eigenvalue weighted by molar-refractivity contribution is 0.869. The van der Waals surface area contributed by atoms with Gasteiger partial charge in [0.2, 0.25) is 0 Å². The monoisotopic (exact) mass is 269 g/mol. The van der Waals surface area contributed by atoms with Gasteiger partial charge in [0.15, 0.2) is 0 Å². The molecule has 1 heterocycles. The molecular weight excluding hydrogens is 246 g/mol. The Bertz CT molecular complexity index is 549. The van der Waals surface area contributed by atoms with Gasteiger partial charge in [0.25, 0.3) is 0 Å². The largest absolute Gasteiger partial charge is 0.370 e. The molecule has 2 aromatic rings. The molecule has 0 saturated carbocycles. The summed E-state index contributed by atoms with van der Waals surface area (Å²) in [5.74, 6) is 2.28. The van der Waals surface area contributed by atoms with Crippen molar-refractivity contribution in [1.82, 2.24) is 4.98 Å². The molecular formula is C17H23N3. The van der Waals surface area contributed by atoms with Crippen LogP contribution in [0.25, 0.3) is 0 Å². The van der Waals surface area contributed by atoms with Gasteiger partial charge in [-0.1, -0.05) is 45.0 Å². The summed E-state index contributed by atoms with van der Waals surface area (Å²) in [7, 11) is 0. The third-order valence-electron chi connectivity index (χ3n) is 3.15. The Balaban J connectivity index is 2.17. The molecule has 0 spiro atoms. The quantitative estimate of drug-likeness (QED) is 0.793. The molecule has 0 aliphatic heterocycles. The molecule has 0 amide bonds. The number of para-hydroxylation sites is 1. The molecule has 20 heavy (non-hydrogen) atoms. The zero-order valence-corrected chi connectivity index (χ0v) is 12.5. The van der Waals surface area contributed by atoms with Crippen molar-refractivity contribution < 1.29 is 0 Å². The molecule has 1 aromatic carbocycles. The Kier molecular flexibility index (Phi) is 4.99. The Hall–Kier alpha value is -2.03. The van der Waals surface area contributed by atoms with Crippen LogP contribution in [0.2, 0.25) is 0 Å². The van der Waals surface area contributed by atoms with E-state index in [0.717, 1.165) is 30.3 Å². The zero-order valence-electron chi connectivity index (χ0n) is 12.5. The molecule has 0 aliphatic carbocycles. The molecule has 0 bridgehead atoms. The van der Waals surface area contributed by atoms with Crippen molar-refractivity contribution in [2.24, 2.45) is 0 Å². The van der Waals surface area contributed by atoms with Crippen LogP contribution in [0.3, 0.4) is 0 Å². The number of aromatic nitrogens is 1. The van der Waals surface area contributed by atoms with Crippen molar-refractivity contribution in [2.75, 3.05) is 17.2 Å². The molecule has 0 saturated heterocycles. The fourth-order valence-corrected chi connectivity index (χ4v) is 2.11. The maximum absolute atomic E-state index is 4.58. The number of nitrogens with zero attached hydrogens (tertiary/aromatic N) is 1. The number of pyridine rings is 1. The van der Waals surface area contributed by atoms with E-state index < -0.39 is 0 Å². The summed E-state index contributed by atoms with van der Waals surface area (Å²) >= 11 is 0. The Labute approximate surface area is 121 Å². The zero-order chi connectivity index (χ0) is 14.4. The van der Waals surface area contributed by atoms with Crippen LogP contribution in [0.5, 0.6) is 0 Å². The van der Waals surface area contributed by atoms with Gasteiger partial charge in [-0.2, -0.15) is 0 Å². The second-order valence-electron chi connectivity index (χ2n) is 5.20. The lowest BCUT2D eigenvalue weighted by Gasteiger charge is -2.14. The first kappa shape index (κ1) is 14.4. The van der Waals surface area contributed by atoms with E-state index in [1.54, 1.807) is 0 Å². The first-order chi connectivity index (χ1) is 9.70. The lowest BCUT2D eigenvalue weighted by Crippen LogP contribution is -2.04. The maximum Gasteiger partial charge on any atom is 0.132 e. The molecule has 2 rings (SSSR count). The minimum atomic E-state index is 0.486. The van der Waals surface area contributed by atoms with Crippen molar-refractivity contribution in [2.45, 2.75) is 33.1 Å². The van der Waals surface area contributed by atoms with E-state index in [1.165, 1.54) is 5.56 Å². The number of rotatable bonds is 6. The number of hydrogen-bond acceptors (Lipinski definition) is 3. The van der Waals surface area contributed by atoms with Crippen molar-refractivity contribution in [1.29, 1.82) is 0 Å². The van der Waals surface area contributed by atoms with Gasteiger partial charge < -0.3 is 10.6 Å². The highest BCUT2D eigenvalue weighted by molar-refractivity contribution is 5.62. The van der Waals surface area contributed by atoms with Gasteiger partial charge in [-0.05, 0) is 36.1 Å². The smallest absolute Gasteiger partial charge is 0.132 e. The molecule has 0 atom stereocenters. The minimum Gasteiger partial charge on any atom is -0.370 e. The van der Waals surface area contributed by atoms with Crippen molar-refractivity contribution in [3.8, 4) is 0 Å². The second-order valence-corrected chi connectivity index (χ2v) is 5.20. The van der Waals surface area contributed by atoms with E-state index in [9.17, 15) is 0 Å². The van der Waals surface area contributed by atoms with Crippen LogP contribution in [-0.2, 0) is 0 Å². The van der Waals surface area contributed by atoms with Crippen LogP contribution in [0.15, 0.2) is 42.5 Å². The summed E-state index contributed by atoms with van der Waals surface area (Å²) in [6.07, 6.45) is 1.09. The summed E-state index contributed by atoms with van der Waals surface area (Å²) < 4.78 is 0. The normalized spacial score (nSPS) is 10.6. The van der Waals surface area contributed by atoms with E-state index in [2.05, 4.69) is 54.6 Å². The van der Waals surface area contributed by atoms with Gasteiger partial charge in [0.05, 0.1) is 0 Å². The average Bonchev–Trinajstić information content (AvgIpc) is 2.46. The molecule has 106 valence electrons. The van der Waals surface area contributed by atoms with Crippen molar-refractivity contribution >= 4 is 17.3 Å².